The van der Waals surface area contributed by atoms with E-state index in [0.717, 1.165) is 29.8 Å². The third-order valence-corrected chi connectivity index (χ3v) is 3.29. The topological polar surface area (TPSA) is 64.6 Å². The van der Waals surface area contributed by atoms with Gasteiger partial charge in [-0.2, -0.15) is 0 Å². The minimum atomic E-state index is -4.81. The Kier molecular flexibility index (Phi) is 6.21. The third kappa shape index (κ3) is 6.12. The third-order valence-electron chi connectivity index (χ3n) is 3.29. The molecule has 0 saturated heterocycles. The molecule has 0 aliphatic heterocycles. The Labute approximate surface area is 147 Å². The number of benzene rings is 2. The molecule has 0 aliphatic carbocycles. The molecule has 0 fully saturated rings. The van der Waals surface area contributed by atoms with Gasteiger partial charge in [0.15, 0.2) is 6.10 Å². The zero-order chi connectivity index (χ0) is 19.2. The van der Waals surface area contributed by atoms with Gasteiger partial charge in [-0.15, -0.1) is 13.2 Å². The standard InChI is InChI=1S/C18H16F3NO4/c1-12(16(23)22-11-13-5-3-2-4-6-13)25-17(24)14-7-9-15(10-8-14)26-18(19,20)21/h2-10,12H,11H2,1H3,(H,22,23)/t12-/m0/s1. The summed E-state index contributed by atoms with van der Waals surface area (Å²) in [7, 11) is 0. The summed E-state index contributed by atoms with van der Waals surface area (Å²) in [6.45, 7) is 1.68. The lowest BCUT2D eigenvalue weighted by Gasteiger charge is -2.14. The smallest absolute Gasteiger partial charge is 0.449 e. The second-order valence-electron chi connectivity index (χ2n) is 5.32. The summed E-state index contributed by atoms with van der Waals surface area (Å²) in [5.41, 5.74) is 0.891. The predicted molar refractivity (Wildman–Crippen MR) is 86.3 cm³/mol. The maximum atomic E-state index is 12.1. The Morgan fingerprint density at radius 2 is 1.65 bits per heavy atom. The van der Waals surface area contributed by atoms with Crippen LogP contribution in [0.1, 0.15) is 22.8 Å². The molecule has 0 unspecified atom stereocenters. The van der Waals surface area contributed by atoms with Crippen molar-refractivity contribution in [2.24, 2.45) is 0 Å². The van der Waals surface area contributed by atoms with Crippen LogP contribution in [0.2, 0.25) is 0 Å². The first kappa shape index (κ1) is 19.3. The monoisotopic (exact) mass is 367 g/mol. The van der Waals surface area contributed by atoms with E-state index in [0.29, 0.717) is 0 Å². The van der Waals surface area contributed by atoms with Gasteiger partial charge in [0.25, 0.3) is 5.91 Å². The van der Waals surface area contributed by atoms with Gasteiger partial charge in [-0.25, -0.2) is 4.79 Å². The van der Waals surface area contributed by atoms with Crippen LogP contribution in [0, 0.1) is 0 Å². The molecule has 0 aromatic heterocycles. The SMILES string of the molecule is C[C@H](OC(=O)c1ccc(OC(F)(F)F)cc1)C(=O)NCc1ccccc1. The number of nitrogens with one attached hydrogen (secondary N) is 1. The predicted octanol–water partition coefficient (Wildman–Crippen LogP) is 3.45. The van der Waals surface area contributed by atoms with Gasteiger partial charge in [0.05, 0.1) is 5.56 Å². The lowest BCUT2D eigenvalue weighted by Crippen LogP contribution is -2.35. The Balaban J connectivity index is 1.86. The van der Waals surface area contributed by atoms with Gasteiger partial charge < -0.3 is 14.8 Å². The molecule has 26 heavy (non-hydrogen) atoms. The van der Waals surface area contributed by atoms with Crippen LogP contribution in [-0.4, -0.2) is 24.3 Å². The number of halogens is 3. The Hall–Kier alpha value is -3.03. The van der Waals surface area contributed by atoms with Crippen molar-refractivity contribution in [2.75, 3.05) is 0 Å². The Morgan fingerprint density at radius 1 is 1.04 bits per heavy atom. The van der Waals surface area contributed by atoms with Crippen LogP contribution in [-0.2, 0) is 16.1 Å². The fourth-order valence-electron chi connectivity index (χ4n) is 2.00. The molecule has 2 rings (SSSR count). The number of hydrogen-bond acceptors (Lipinski definition) is 4. The van der Waals surface area contributed by atoms with Crippen LogP contribution in [0.4, 0.5) is 13.2 Å². The summed E-state index contributed by atoms with van der Waals surface area (Å²) in [6.07, 6.45) is -5.87. The van der Waals surface area contributed by atoms with Crippen LogP contribution >= 0.6 is 0 Å². The molecular formula is C18H16F3NO4. The Bertz CT molecular complexity index is 745. The fourth-order valence-corrected chi connectivity index (χ4v) is 2.00. The van der Waals surface area contributed by atoms with E-state index in [1.165, 1.54) is 6.92 Å². The van der Waals surface area contributed by atoms with Crippen molar-refractivity contribution >= 4 is 11.9 Å². The first-order chi connectivity index (χ1) is 12.2. The first-order valence-corrected chi connectivity index (χ1v) is 7.63. The van der Waals surface area contributed by atoms with E-state index in [1.807, 2.05) is 30.3 Å². The van der Waals surface area contributed by atoms with Gasteiger partial charge in [0.2, 0.25) is 0 Å². The lowest BCUT2D eigenvalue weighted by atomic mass is 10.2. The summed E-state index contributed by atoms with van der Waals surface area (Å²) in [6, 6.07) is 13.4. The average Bonchev–Trinajstić information content (AvgIpc) is 2.59. The number of hydrogen-bond donors (Lipinski definition) is 1. The molecule has 0 radical (unpaired) electrons. The van der Waals surface area contributed by atoms with Gasteiger partial charge >= 0.3 is 12.3 Å². The zero-order valence-electron chi connectivity index (χ0n) is 13.7. The molecule has 1 N–H and O–H groups in total. The average molecular weight is 367 g/mol. The number of carbonyl (C=O) groups excluding carboxylic acids is 2. The Morgan fingerprint density at radius 3 is 2.23 bits per heavy atom. The zero-order valence-corrected chi connectivity index (χ0v) is 13.7. The van der Waals surface area contributed by atoms with Crippen LogP contribution in [0.3, 0.4) is 0 Å². The maximum Gasteiger partial charge on any atom is 0.573 e. The van der Waals surface area contributed by atoms with E-state index in [4.69, 9.17) is 4.74 Å². The summed E-state index contributed by atoms with van der Waals surface area (Å²) in [4.78, 5) is 23.9. The van der Waals surface area contributed by atoms with Crippen LogP contribution < -0.4 is 10.1 Å². The van der Waals surface area contributed by atoms with Gasteiger partial charge in [-0.05, 0) is 36.8 Å². The number of esters is 1. The lowest BCUT2D eigenvalue weighted by molar-refractivity contribution is -0.274. The molecule has 0 bridgehead atoms. The molecule has 1 atom stereocenters. The number of ether oxygens (including phenoxy) is 2. The van der Waals surface area contributed by atoms with E-state index < -0.39 is 30.1 Å². The quantitative estimate of drug-likeness (QED) is 0.795. The van der Waals surface area contributed by atoms with Crippen molar-refractivity contribution in [2.45, 2.75) is 25.9 Å². The van der Waals surface area contributed by atoms with Gasteiger partial charge in [-0.1, -0.05) is 30.3 Å². The van der Waals surface area contributed by atoms with Crippen molar-refractivity contribution in [1.29, 1.82) is 0 Å². The van der Waals surface area contributed by atoms with E-state index in [1.54, 1.807) is 0 Å². The highest BCUT2D eigenvalue weighted by molar-refractivity contribution is 5.92. The van der Waals surface area contributed by atoms with Crippen molar-refractivity contribution < 1.29 is 32.2 Å². The van der Waals surface area contributed by atoms with E-state index >= 15 is 0 Å². The molecule has 1 amide bonds. The summed E-state index contributed by atoms with van der Waals surface area (Å²) in [5, 5.41) is 2.63. The summed E-state index contributed by atoms with van der Waals surface area (Å²) < 4.78 is 45.0. The maximum absolute atomic E-state index is 12.1. The second kappa shape index (κ2) is 8.37. The molecule has 2 aromatic carbocycles. The first-order valence-electron chi connectivity index (χ1n) is 7.63. The number of carbonyl (C=O) groups is 2. The highest BCUT2D eigenvalue weighted by Gasteiger charge is 2.31. The normalized spacial score (nSPS) is 12.2. The van der Waals surface area contributed by atoms with Crippen molar-refractivity contribution in [3.8, 4) is 5.75 Å². The largest absolute Gasteiger partial charge is 0.573 e. The summed E-state index contributed by atoms with van der Waals surface area (Å²) >= 11 is 0. The van der Waals surface area contributed by atoms with Crippen LogP contribution in [0.25, 0.3) is 0 Å². The molecule has 0 heterocycles. The van der Waals surface area contributed by atoms with Gasteiger partial charge in [-0.3, -0.25) is 4.79 Å². The molecule has 8 heteroatoms. The van der Waals surface area contributed by atoms with Crippen molar-refractivity contribution in [3.63, 3.8) is 0 Å². The molecule has 5 nitrogen and oxygen atoms in total. The van der Waals surface area contributed by atoms with Crippen LogP contribution in [0.5, 0.6) is 5.75 Å². The molecule has 0 saturated carbocycles. The highest BCUT2D eigenvalue weighted by atomic mass is 19.4. The molecule has 0 spiro atoms. The number of rotatable bonds is 6. The van der Waals surface area contributed by atoms with Crippen LogP contribution in [0.15, 0.2) is 54.6 Å². The molecule has 0 aliphatic rings. The van der Waals surface area contributed by atoms with E-state index in [-0.39, 0.29) is 12.1 Å². The van der Waals surface area contributed by atoms with Gasteiger partial charge in [0, 0.05) is 6.54 Å². The van der Waals surface area contributed by atoms with Crippen molar-refractivity contribution in [3.05, 3.63) is 65.7 Å². The minimum absolute atomic E-state index is 0.00207. The molecule has 138 valence electrons. The van der Waals surface area contributed by atoms with E-state index in [9.17, 15) is 22.8 Å². The number of amides is 1. The van der Waals surface area contributed by atoms with E-state index in [2.05, 4.69) is 10.1 Å². The summed E-state index contributed by atoms with van der Waals surface area (Å²) in [5.74, 6) is -1.77. The fraction of sp³-hybridized carbons (Fsp3) is 0.222. The number of alkyl halides is 3. The minimum Gasteiger partial charge on any atom is -0.449 e. The van der Waals surface area contributed by atoms with Crippen molar-refractivity contribution in [1.82, 2.24) is 5.32 Å². The van der Waals surface area contributed by atoms with Gasteiger partial charge in [0.1, 0.15) is 5.75 Å². The molecular weight excluding hydrogens is 351 g/mol. The second-order valence-corrected chi connectivity index (χ2v) is 5.32. The highest BCUT2D eigenvalue weighted by Crippen LogP contribution is 2.23. The molecule has 2 aromatic rings.